The van der Waals surface area contributed by atoms with Crippen LogP contribution in [0.1, 0.15) is 20.8 Å². The number of carbonyl (C=O) groups excluding carboxylic acids is 1. The van der Waals surface area contributed by atoms with Crippen molar-refractivity contribution in [2.45, 2.75) is 32.4 Å². The van der Waals surface area contributed by atoms with Crippen LogP contribution < -0.4 is 16.4 Å². The van der Waals surface area contributed by atoms with Gasteiger partial charge in [-0.1, -0.05) is 17.7 Å². The Balaban J connectivity index is 2.67. The van der Waals surface area contributed by atoms with Crippen molar-refractivity contribution in [2.24, 2.45) is 0 Å². The molecular weight excluding hydrogens is 310 g/mol. The second-order valence-electron chi connectivity index (χ2n) is 5.62. The summed E-state index contributed by atoms with van der Waals surface area (Å²) < 4.78 is 5.03. The van der Waals surface area contributed by atoms with Crippen LogP contribution in [0, 0.1) is 0 Å². The number of nitrogens with two attached hydrogens (primary N) is 1. The van der Waals surface area contributed by atoms with E-state index in [9.17, 15) is 9.59 Å². The molecule has 122 valence electrons. The first-order valence-electron chi connectivity index (χ1n) is 6.60. The number of nitrogens with one attached hydrogen (secondary N) is 2. The maximum absolute atomic E-state index is 11.6. The van der Waals surface area contributed by atoms with Crippen LogP contribution in [0.15, 0.2) is 18.2 Å². The van der Waals surface area contributed by atoms with E-state index in [0.29, 0.717) is 16.4 Å². The Morgan fingerprint density at radius 1 is 1.41 bits per heavy atom. The highest BCUT2D eigenvalue weighted by atomic mass is 35.5. The molecule has 7 nitrogen and oxygen atoms in total. The van der Waals surface area contributed by atoms with Crippen LogP contribution in [-0.4, -0.2) is 35.4 Å². The molecule has 0 fully saturated rings. The van der Waals surface area contributed by atoms with Crippen molar-refractivity contribution in [2.75, 3.05) is 17.6 Å². The second-order valence-corrected chi connectivity index (χ2v) is 6.03. The number of benzene rings is 1. The maximum Gasteiger partial charge on any atom is 0.408 e. The summed E-state index contributed by atoms with van der Waals surface area (Å²) in [4.78, 5) is 22.8. The summed E-state index contributed by atoms with van der Waals surface area (Å²) in [7, 11) is 0. The van der Waals surface area contributed by atoms with Gasteiger partial charge >= 0.3 is 12.1 Å². The van der Waals surface area contributed by atoms with Gasteiger partial charge in [-0.05, 0) is 32.9 Å². The van der Waals surface area contributed by atoms with Crippen molar-refractivity contribution < 1.29 is 19.4 Å². The number of nitrogen functional groups attached to an aromatic ring is 1. The van der Waals surface area contributed by atoms with E-state index in [1.54, 1.807) is 39.0 Å². The molecule has 0 unspecified atom stereocenters. The lowest BCUT2D eigenvalue weighted by Crippen LogP contribution is -2.47. The summed E-state index contributed by atoms with van der Waals surface area (Å²) in [5.74, 6) is -1.20. The standard InChI is InChI=1S/C14H20ClN3O4/c1-14(2,3)22-13(21)18-10(12(19)20)7-17-9-6-4-5-8(15)11(9)16/h4-6,10,17H,7,16H2,1-3H3,(H,18,21)(H,19,20)/t10-/m0/s1. The number of halogens is 1. The number of alkyl carbamates (subject to hydrolysis) is 1. The van der Waals surface area contributed by atoms with Crippen LogP contribution in [0.2, 0.25) is 5.02 Å². The Hall–Kier alpha value is -2.15. The third-order valence-electron chi connectivity index (χ3n) is 2.54. The number of para-hydroxylation sites is 1. The summed E-state index contributed by atoms with van der Waals surface area (Å²) in [6.45, 7) is 4.99. The number of anilines is 2. The molecule has 1 aromatic rings. The first-order valence-corrected chi connectivity index (χ1v) is 6.98. The fraction of sp³-hybridized carbons (Fsp3) is 0.429. The fourth-order valence-electron chi connectivity index (χ4n) is 1.55. The van der Waals surface area contributed by atoms with Crippen molar-refractivity contribution in [3.05, 3.63) is 23.2 Å². The number of hydrogen-bond donors (Lipinski definition) is 4. The third-order valence-corrected chi connectivity index (χ3v) is 2.87. The van der Waals surface area contributed by atoms with E-state index in [1.807, 2.05) is 0 Å². The maximum atomic E-state index is 11.6. The number of carbonyl (C=O) groups is 2. The quantitative estimate of drug-likeness (QED) is 0.616. The first kappa shape index (κ1) is 17.9. The monoisotopic (exact) mass is 329 g/mol. The highest BCUT2D eigenvalue weighted by Gasteiger charge is 2.24. The van der Waals surface area contributed by atoms with Gasteiger partial charge in [0.1, 0.15) is 11.6 Å². The predicted molar refractivity (Wildman–Crippen MR) is 85.1 cm³/mol. The number of carboxylic acid groups (broad SMARTS) is 1. The molecule has 0 bridgehead atoms. The second kappa shape index (κ2) is 7.22. The average molecular weight is 330 g/mol. The zero-order valence-corrected chi connectivity index (χ0v) is 13.4. The van der Waals surface area contributed by atoms with Gasteiger partial charge in [-0.3, -0.25) is 0 Å². The molecule has 8 heteroatoms. The van der Waals surface area contributed by atoms with Crippen molar-refractivity contribution in [1.82, 2.24) is 5.32 Å². The van der Waals surface area contributed by atoms with Crippen LogP contribution in [0.3, 0.4) is 0 Å². The lowest BCUT2D eigenvalue weighted by Gasteiger charge is -2.22. The molecule has 0 saturated carbocycles. The molecule has 0 saturated heterocycles. The van der Waals surface area contributed by atoms with Crippen molar-refractivity contribution in [3.63, 3.8) is 0 Å². The Labute approximate surface area is 133 Å². The molecule has 22 heavy (non-hydrogen) atoms. The van der Waals surface area contributed by atoms with E-state index < -0.39 is 23.7 Å². The predicted octanol–water partition coefficient (Wildman–Crippen LogP) is 2.31. The molecule has 0 heterocycles. The highest BCUT2D eigenvalue weighted by molar-refractivity contribution is 6.33. The molecule has 5 N–H and O–H groups in total. The molecule has 0 aromatic heterocycles. The number of amides is 1. The Bertz CT molecular complexity index is 558. The molecule has 1 amide bonds. The van der Waals surface area contributed by atoms with Gasteiger partial charge in [0.05, 0.1) is 16.4 Å². The first-order chi connectivity index (χ1) is 10.1. The zero-order chi connectivity index (χ0) is 16.9. The van der Waals surface area contributed by atoms with Crippen molar-refractivity contribution in [1.29, 1.82) is 0 Å². The van der Waals surface area contributed by atoms with E-state index in [1.165, 1.54) is 0 Å². The van der Waals surface area contributed by atoms with Crippen molar-refractivity contribution in [3.8, 4) is 0 Å². The third kappa shape index (κ3) is 5.69. The number of carboxylic acids is 1. The SMILES string of the molecule is CC(C)(C)OC(=O)N[C@@H](CNc1cccc(Cl)c1N)C(=O)O. The summed E-state index contributed by atoms with van der Waals surface area (Å²) in [5.41, 5.74) is 5.87. The van der Waals surface area contributed by atoms with E-state index >= 15 is 0 Å². The molecule has 0 aliphatic carbocycles. The molecule has 1 aromatic carbocycles. The molecule has 0 aliphatic rings. The highest BCUT2D eigenvalue weighted by Crippen LogP contribution is 2.26. The van der Waals surface area contributed by atoms with Crippen LogP contribution >= 0.6 is 11.6 Å². The van der Waals surface area contributed by atoms with Gasteiger partial charge in [0, 0.05) is 6.54 Å². The van der Waals surface area contributed by atoms with E-state index in [0.717, 1.165) is 0 Å². The number of ether oxygens (including phenoxy) is 1. The molecule has 0 radical (unpaired) electrons. The summed E-state index contributed by atoms with van der Waals surface area (Å²) in [6.07, 6.45) is -0.805. The number of aliphatic carboxylic acids is 1. The van der Waals surface area contributed by atoms with Crippen LogP contribution in [-0.2, 0) is 9.53 Å². The minimum Gasteiger partial charge on any atom is -0.480 e. The van der Waals surface area contributed by atoms with Crippen molar-refractivity contribution >= 4 is 35.0 Å². The Kier molecular flexibility index (Phi) is 5.87. The zero-order valence-electron chi connectivity index (χ0n) is 12.6. The topological polar surface area (TPSA) is 114 Å². The Morgan fingerprint density at radius 3 is 2.59 bits per heavy atom. The lowest BCUT2D eigenvalue weighted by molar-refractivity contribution is -0.139. The normalized spacial score (nSPS) is 12.4. The van der Waals surface area contributed by atoms with Gasteiger partial charge in [0.2, 0.25) is 0 Å². The molecular formula is C14H20ClN3O4. The largest absolute Gasteiger partial charge is 0.480 e. The van der Waals surface area contributed by atoms with E-state index in [4.69, 9.17) is 27.2 Å². The minimum atomic E-state index is -1.20. The van der Waals surface area contributed by atoms with Crippen LogP contribution in [0.25, 0.3) is 0 Å². The number of hydrogen-bond acceptors (Lipinski definition) is 5. The van der Waals surface area contributed by atoms with Crippen LogP contribution in [0.5, 0.6) is 0 Å². The number of rotatable bonds is 5. The average Bonchev–Trinajstić information content (AvgIpc) is 2.36. The summed E-state index contributed by atoms with van der Waals surface area (Å²) >= 11 is 5.88. The molecule has 1 atom stereocenters. The van der Waals surface area contributed by atoms with Gasteiger partial charge in [0.15, 0.2) is 0 Å². The lowest BCUT2D eigenvalue weighted by atomic mass is 10.2. The smallest absolute Gasteiger partial charge is 0.408 e. The van der Waals surface area contributed by atoms with Gasteiger partial charge in [-0.15, -0.1) is 0 Å². The molecule has 0 spiro atoms. The fourth-order valence-corrected chi connectivity index (χ4v) is 1.73. The van der Waals surface area contributed by atoms with Gasteiger partial charge in [-0.2, -0.15) is 0 Å². The van der Waals surface area contributed by atoms with Gasteiger partial charge in [0.25, 0.3) is 0 Å². The van der Waals surface area contributed by atoms with E-state index in [2.05, 4.69) is 10.6 Å². The minimum absolute atomic E-state index is 0.0703. The van der Waals surface area contributed by atoms with Crippen LogP contribution in [0.4, 0.5) is 16.2 Å². The molecule has 0 aliphatic heterocycles. The van der Waals surface area contributed by atoms with Gasteiger partial charge in [-0.25, -0.2) is 9.59 Å². The Morgan fingerprint density at radius 2 is 2.05 bits per heavy atom. The summed E-state index contributed by atoms with van der Waals surface area (Å²) in [6, 6.07) is 3.79. The summed E-state index contributed by atoms with van der Waals surface area (Å²) in [5, 5.41) is 14.6. The van der Waals surface area contributed by atoms with E-state index in [-0.39, 0.29) is 6.54 Å². The van der Waals surface area contributed by atoms with Gasteiger partial charge < -0.3 is 26.2 Å². The molecule has 1 rings (SSSR count).